The zero-order valence-electron chi connectivity index (χ0n) is 7.60. The Morgan fingerprint density at radius 2 is 2.29 bits per heavy atom. The molecule has 0 saturated carbocycles. The molecule has 1 atom stereocenters. The van der Waals surface area contributed by atoms with Crippen molar-refractivity contribution in [1.82, 2.24) is 5.43 Å². The molecule has 1 aromatic carbocycles. The van der Waals surface area contributed by atoms with Crippen molar-refractivity contribution in [3.8, 4) is 0 Å². The Bertz CT molecular complexity index is 387. The average Bonchev–Trinajstić information content (AvgIpc) is 2.62. The lowest BCUT2D eigenvalue weighted by Crippen LogP contribution is -2.31. The van der Waals surface area contributed by atoms with E-state index in [1.807, 2.05) is 24.3 Å². The van der Waals surface area contributed by atoms with E-state index in [0.29, 0.717) is 6.42 Å². The van der Waals surface area contributed by atoms with E-state index in [0.717, 1.165) is 11.3 Å². The van der Waals surface area contributed by atoms with Crippen LogP contribution in [0.5, 0.6) is 0 Å². The lowest BCUT2D eigenvalue weighted by atomic mass is 9.98. The maximum absolute atomic E-state index is 11.1. The molecular weight excluding hydrogens is 178 g/mol. The summed E-state index contributed by atoms with van der Waals surface area (Å²) in [5.41, 5.74) is 4.16. The minimum atomic E-state index is -0.168. The second-order valence-electron chi connectivity index (χ2n) is 3.22. The molecule has 0 aliphatic carbocycles. The summed E-state index contributed by atoms with van der Waals surface area (Å²) < 4.78 is 0. The number of rotatable bonds is 2. The largest absolute Gasteiger partial charge is 0.294 e. The SMILES string of the molecule is NNC(=O)CC1C=Nc2ccccc21. The van der Waals surface area contributed by atoms with Gasteiger partial charge in [0.25, 0.3) is 0 Å². The van der Waals surface area contributed by atoms with Crippen LogP contribution in [0.25, 0.3) is 0 Å². The van der Waals surface area contributed by atoms with Gasteiger partial charge in [-0.05, 0) is 11.6 Å². The second kappa shape index (κ2) is 3.59. The minimum Gasteiger partial charge on any atom is -0.294 e. The Balaban J connectivity index is 2.18. The first kappa shape index (κ1) is 8.90. The molecule has 4 heteroatoms. The highest BCUT2D eigenvalue weighted by Crippen LogP contribution is 2.33. The lowest BCUT2D eigenvalue weighted by Gasteiger charge is -2.07. The fourth-order valence-corrected chi connectivity index (χ4v) is 1.59. The van der Waals surface area contributed by atoms with E-state index >= 15 is 0 Å². The molecule has 0 bridgehead atoms. The topological polar surface area (TPSA) is 67.5 Å². The maximum atomic E-state index is 11.1. The van der Waals surface area contributed by atoms with Gasteiger partial charge in [0.2, 0.25) is 5.91 Å². The van der Waals surface area contributed by atoms with Crippen LogP contribution >= 0.6 is 0 Å². The Hall–Kier alpha value is -1.68. The van der Waals surface area contributed by atoms with E-state index in [9.17, 15) is 4.79 Å². The number of hydrogen-bond acceptors (Lipinski definition) is 3. The molecule has 1 unspecified atom stereocenters. The monoisotopic (exact) mass is 189 g/mol. The molecule has 0 aromatic heterocycles. The summed E-state index contributed by atoms with van der Waals surface area (Å²) in [6.07, 6.45) is 2.15. The molecule has 1 amide bonds. The van der Waals surface area contributed by atoms with Crippen LogP contribution in [0.15, 0.2) is 29.3 Å². The summed E-state index contributed by atoms with van der Waals surface area (Å²) in [6, 6.07) is 7.80. The Morgan fingerprint density at radius 3 is 3.07 bits per heavy atom. The van der Waals surface area contributed by atoms with Gasteiger partial charge in [-0.15, -0.1) is 0 Å². The summed E-state index contributed by atoms with van der Waals surface area (Å²) in [5.74, 6) is 4.92. The number of benzene rings is 1. The van der Waals surface area contributed by atoms with Crippen LogP contribution in [0.3, 0.4) is 0 Å². The number of carbonyl (C=O) groups is 1. The van der Waals surface area contributed by atoms with Crippen LogP contribution in [0.2, 0.25) is 0 Å². The van der Waals surface area contributed by atoms with Crippen LogP contribution in [0.1, 0.15) is 17.9 Å². The molecule has 72 valence electrons. The van der Waals surface area contributed by atoms with Gasteiger partial charge in [0.05, 0.1) is 5.69 Å². The number of nitrogens with zero attached hydrogens (tertiary/aromatic N) is 1. The molecule has 14 heavy (non-hydrogen) atoms. The van der Waals surface area contributed by atoms with Crippen molar-refractivity contribution in [2.45, 2.75) is 12.3 Å². The molecule has 4 nitrogen and oxygen atoms in total. The molecular formula is C10H11N3O. The van der Waals surface area contributed by atoms with Gasteiger partial charge >= 0.3 is 0 Å². The summed E-state index contributed by atoms with van der Waals surface area (Å²) >= 11 is 0. The smallest absolute Gasteiger partial charge is 0.234 e. The van der Waals surface area contributed by atoms with Gasteiger partial charge in [-0.25, -0.2) is 5.84 Å². The van der Waals surface area contributed by atoms with Crippen molar-refractivity contribution >= 4 is 17.8 Å². The molecule has 1 aliphatic rings. The van der Waals surface area contributed by atoms with Crippen molar-refractivity contribution < 1.29 is 4.79 Å². The second-order valence-corrected chi connectivity index (χ2v) is 3.22. The number of nitrogens with one attached hydrogen (secondary N) is 1. The number of carbonyl (C=O) groups excluding carboxylic acids is 1. The highest BCUT2D eigenvalue weighted by Gasteiger charge is 2.20. The van der Waals surface area contributed by atoms with Gasteiger partial charge in [-0.1, -0.05) is 18.2 Å². The standard InChI is InChI=1S/C10H11N3O/c11-13-10(14)5-7-6-12-9-4-2-1-3-8(7)9/h1-4,6-7H,5,11H2,(H,13,14). The number of hydrogen-bond donors (Lipinski definition) is 2. The molecule has 2 rings (SSSR count). The highest BCUT2D eigenvalue weighted by atomic mass is 16.2. The summed E-state index contributed by atoms with van der Waals surface area (Å²) in [4.78, 5) is 15.3. The van der Waals surface area contributed by atoms with Crippen LogP contribution in [0, 0.1) is 0 Å². The van der Waals surface area contributed by atoms with Gasteiger partial charge in [-0.3, -0.25) is 15.2 Å². The molecule has 3 N–H and O–H groups in total. The maximum Gasteiger partial charge on any atom is 0.234 e. The number of hydrazine groups is 1. The summed E-state index contributed by atoms with van der Waals surface area (Å²) in [6.45, 7) is 0. The number of para-hydroxylation sites is 1. The van der Waals surface area contributed by atoms with E-state index in [2.05, 4.69) is 10.4 Å². The number of nitrogens with two attached hydrogens (primary N) is 1. The average molecular weight is 189 g/mol. The van der Waals surface area contributed by atoms with E-state index in [1.165, 1.54) is 0 Å². The van der Waals surface area contributed by atoms with E-state index in [4.69, 9.17) is 5.84 Å². The van der Waals surface area contributed by atoms with Gasteiger partial charge in [0.15, 0.2) is 0 Å². The predicted molar refractivity (Wildman–Crippen MR) is 54.3 cm³/mol. The fourth-order valence-electron chi connectivity index (χ4n) is 1.59. The normalized spacial score (nSPS) is 17.9. The first-order chi connectivity index (χ1) is 6.81. The van der Waals surface area contributed by atoms with E-state index in [1.54, 1.807) is 6.21 Å². The van der Waals surface area contributed by atoms with Crippen molar-refractivity contribution in [1.29, 1.82) is 0 Å². The molecule has 0 spiro atoms. The van der Waals surface area contributed by atoms with Crippen molar-refractivity contribution in [3.63, 3.8) is 0 Å². The third kappa shape index (κ3) is 1.52. The third-order valence-electron chi connectivity index (χ3n) is 2.30. The number of fused-ring (bicyclic) bond motifs is 1. The Labute approximate surface area is 81.8 Å². The third-order valence-corrected chi connectivity index (χ3v) is 2.30. The highest BCUT2D eigenvalue weighted by molar-refractivity contribution is 5.87. The molecule has 0 radical (unpaired) electrons. The molecule has 1 aromatic rings. The van der Waals surface area contributed by atoms with Crippen LogP contribution in [-0.4, -0.2) is 12.1 Å². The summed E-state index contributed by atoms with van der Waals surface area (Å²) in [7, 11) is 0. The molecule has 0 fully saturated rings. The predicted octanol–water partition coefficient (Wildman–Crippen LogP) is 0.866. The number of amides is 1. The van der Waals surface area contributed by atoms with E-state index < -0.39 is 0 Å². The van der Waals surface area contributed by atoms with Gasteiger partial charge in [0.1, 0.15) is 0 Å². The molecule has 0 saturated heterocycles. The molecule has 1 heterocycles. The van der Waals surface area contributed by atoms with Crippen LogP contribution < -0.4 is 11.3 Å². The molecule has 1 aliphatic heterocycles. The first-order valence-electron chi connectivity index (χ1n) is 4.44. The van der Waals surface area contributed by atoms with Crippen molar-refractivity contribution in [3.05, 3.63) is 29.8 Å². The van der Waals surface area contributed by atoms with Gasteiger partial charge in [-0.2, -0.15) is 0 Å². The Kier molecular flexibility index (Phi) is 2.28. The minimum absolute atomic E-state index is 0.0646. The summed E-state index contributed by atoms with van der Waals surface area (Å²) in [5, 5.41) is 0. The van der Waals surface area contributed by atoms with Gasteiger partial charge in [0, 0.05) is 18.6 Å². The fraction of sp³-hybridized carbons (Fsp3) is 0.200. The number of aliphatic imine (C=N–C) groups is 1. The van der Waals surface area contributed by atoms with Crippen molar-refractivity contribution in [2.75, 3.05) is 0 Å². The van der Waals surface area contributed by atoms with Crippen molar-refractivity contribution in [2.24, 2.45) is 10.8 Å². The van der Waals surface area contributed by atoms with Crippen LogP contribution in [-0.2, 0) is 4.79 Å². The lowest BCUT2D eigenvalue weighted by molar-refractivity contribution is -0.121. The zero-order chi connectivity index (χ0) is 9.97. The quantitative estimate of drug-likeness (QED) is 0.411. The zero-order valence-corrected chi connectivity index (χ0v) is 7.60. The van der Waals surface area contributed by atoms with E-state index in [-0.39, 0.29) is 11.8 Å². The Morgan fingerprint density at radius 1 is 1.50 bits per heavy atom. The van der Waals surface area contributed by atoms with Gasteiger partial charge < -0.3 is 0 Å². The van der Waals surface area contributed by atoms with Crippen LogP contribution in [0.4, 0.5) is 5.69 Å². The first-order valence-corrected chi connectivity index (χ1v) is 4.44.